The van der Waals surface area contributed by atoms with Crippen molar-refractivity contribution in [2.75, 3.05) is 23.7 Å². The third kappa shape index (κ3) is 4.83. The highest BCUT2D eigenvalue weighted by atomic mass is 35.5. The molecule has 1 aromatic rings. The molecule has 23 heavy (non-hydrogen) atoms. The van der Waals surface area contributed by atoms with E-state index in [0.717, 1.165) is 23.4 Å². The first-order chi connectivity index (χ1) is 10.8. The minimum atomic E-state index is -3.61. The van der Waals surface area contributed by atoms with Crippen molar-refractivity contribution < 1.29 is 17.9 Å². The summed E-state index contributed by atoms with van der Waals surface area (Å²) in [6.45, 7) is 2.65. The molecule has 1 heterocycles. The summed E-state index contributed by atoms with van der Waals surface area (Å²) in [5, 5.41) is 3.26. The van der Waals surface area contributed by atoms with E-state index >= 15 is 0 Å². The number of hydrogen-bond donors (Lipinski definition) is 1. The molecule has 128 valence electrons. The largest absolute Gasteiger partial charge is 0.376 e. The molecule has 6 nitrogen and oxygen atoms in total. The smallest absolute Gasteiger partial charge is 0.243 e. The van der Waals surface area contributed by atoms with Crippen LogP contribution in [0.3, 0.4) is 0 Å². The van der Waals surface area contributed by atoms with Crippen LogP contribution in [0.25, 0.3) is 0 Å². The Morgan fingerprint density at radius 3 is 2.61 bits per heavy atom. The number of hydrogen-bond acceptors (Lipinski definition) is 4. The number of carbonyl (C=O) groups excluding carboxylic acids is 1. The van der Waals surface area contributed by atoms with Gasteiger partial charge in [-0.15, -0.1) is 0 Å². The minimum Gasteiger partial charge on any atom is -0.376 e. The molecular formula is C15H21ClN2O4S. The molecule has 2 rings (SSSR count). The predicted molar refractivity (Wildman–Crippen MR) is 90.2 cm³/mol. The lowest BCUT2D eigenvalue weighted by atomic mass is 10.2. The zero-order chi connectivity index (χ0) is 17.0. The van der Waals surface area contributed by atoms with Gasteiger partial charge in [-0.25, -0.2) is 8.42 Å². The van der Waals surface area contributed by atoms with Gasteiger partial charge >= 0.3 is 0 Å². The normalized spacial score (nSPS) is 19.3. The molecule has 1 aromatic carbocycles. The fraction of sp³-hybridized carbons (Fsp3) is 0.533. The molecule has 0 radical (unpaired) electrons. The van der Waals surface area contributed by atoms with E-state index in [1.54, 1.807) is 31.2 Å². The average Bonchev–Trinajstić information content (AvgIpc) is 2.99. The van der Waals surface area contributed by atoms with Crippen LogP contribution in [0.4, 0.5) is 5.69 Å². The van der Waals surface area contributed by atoms with Crippen LogP contribution in [0.15, 0.2) is 24.3 Å². The number of amides is 1. The van der Waals surface area contributed by atoms with Gasteiger partial charge in [0, 0.05) is 18.2 Å². The van der Waals surface area contributed by atoms with Crippen molar-refractivity contribution in [3.8, 4) is 0 Å². The van der Waals surface area contributed by atoms with Crippen LogP contribution in [-0.4, -0.2) is 45.9 Å². The highest BCUT2D eigenvalue weighted by molar-refractivity contribution is 7.92. The van der Waals surface area contributed by atoms with Crippen LogP contribution in [0.5, 0.6) is 0 Å². The molecule has 0 aliphatic carbocycles. The summed E-state index contributed by atoms with van der Waals surface area (Å²) in [7, 11) is -3.61. The summed E-state index contributed by atoms with van der Waals surface area (Å²) in [4.78, 5) is 12.3. The molecule has 1 fully saturated rings. The number of halogens is 1. The Bertz CT molecular complexity index is 642. The Balaban J connectivity index is 2.11. The van der Waals surface area contributed by atoms with E-state index in [4.69, 9.17) is 16.3 Å². The third-order valence-corrected chi connectivity index (χ3v) is 5.19. The van der Waals surface area contributed by atoms with Crippen LogP contribution in [0.2, 0.25) is 5.02 Å². The Labute approximate surface area is 141 Å². The highest BCUT2D eigenvalue weighted by Crippen LogP contribution is 2.23. The van der Waals surface area contributed by atoms with Gasteiger partial charge in [-0.3, -0.25) is 9.10 Å². The summed E-state index contributed by atoms with van der Waals surface area (Å²) < 4.78 is 30.8. The fourth-order valence-electron chi connectivity index (χ4n) is 2.56. The maximum absolute atomic E-state index is 12.3. The molecule has 8 heteroatoms. The van der Waals surface area contributed by atoms with Gasteiger partial charge in [0.15, 0.2) is 0 Å². The Kier molecular flexibility index (Phi) is 5.89. The van der Waals surface area contributed by atoms with Crippen LogP contribution >= 0.6 is 11.6 Å². The summed E-state index contributed by atoms with van der Waals surface area (Å²) in [5.41, 5.74) is 0.400. The zero-order valence-corrected chi connectivity index (χ0v) is 14.7. The van der Waals surface area contributed by atoms with Gasteiger partial charge in [-0.05, 0) is 44.0 Å². The molecule has 1 amide bonds. The van der Waals surface area contributed by atoms with Gasteiger partial charge in [0.25, 0.3) is 0 Å². The molecule has 1 N–H and O–H groups in total. The number of nitrogens with zero attached hydrogens (tertiary/aromatic N) is 1. The molecule has 0 saturated carbocycles. The van der Waals surface area contributed by atoms with Crippen molar-refractivity contribution in [2.24, 2.45) is 0 Å². The summed E-state index contributed by atoms with van der Waals surface area (Å²) >= 11 is 5.83. The van der Waals surface area contributed by atoms with E-state index < -0.39 is 16.1 Å². The first kappa shape index (κ1) is 18.0. The molecule has 0 bridgehead atoms. The number of carbonyl (C=O) groups is 1. The van der Waals surface area contributed by atoms with Gasteiger partial charge in [0.05, 0.1) is 18.0 Å². The van der Waals surface area contributed by atoms with Crippen LogP contribution < -0.4 is 9.62 Å². The maximum atomic E-state index is 12.3. The quantitative estimate of drug-likeness (QED) is 0.839. The number of sulfonamides is 1. The highest BCUT2D eigenvalue weighted by Gasteiger charge is 2.29. The van der Waals surface area contributed by atoms with Gasteiger partial charge in [0.1, 0.15) is 6.04 Å². The van der Waals surface area contributed by atoms with E-state index in [1.807, 2.05) is 0 Å². The third-order valence-electron chi connectivity index (χ3n) is 3.70. The second-order valence-corrected chi connectivity index (χ2v) is 7.89. The lowest BCUT2D eigenvalue weighted by molar-refractivity contribution is -0.122. The van der Waals surface area contributed by atoms with Crippen molar-refractivity contribution in [1.82, 2.24) is 5.32 Å². The van der Waals surface area contributed by atoms with E-state index in [1.165, 1.54) is 0 Å². The zero-order valence-electron chi connectivity index (χ0n) is 13.2. The van der Waals surface area contributed by atoms with E-state index in [2.05, 4.69) is 5.32 Å². The van der Waals surface area contributed by atoms with Crippen LogP contribution in [0.1, 0.15) is 19.8 Å². The monoisotopic (exact) mass is 360 g/mol. The molecule has 2 unspecified atom stereocenters. The summed E-state index contributed by atoms with van der Waals surface area (Å²) in [6, 6.07) is 5.46. The lowest BCUT2D eigenvalue weighted by Crippen LogP contribution is -2.49. The molecule has 2 atom stereocenters. The lowest BCUT2D eigenvalue weighted by Gasteiger charge is -2.28. The molecule has 1 aliphatic heterocycles. The molecular weight excluding hydrogens is 340 g/mol. The van der Waals surface area contributed by atoms with Crippen molar-refractivity contribution in [1.29, 1.82) is 0 Å². The van der Waals surface area contributed by atoms with Gasteiger partial charge in [-0.1, -0.05) is 11.6 Å². The van der Waals surface area contributed by atoms with Gasteiger partial charge < -0.3 is 10.1 Å². The SMILES string of the molecule is CC(C(=O)NCC1CCCO1)N(c1ccc(Cl)cc1)S(C)(=O)=O. The molecule has 0 spiro atoms. The van der Waals surface area contributed by atoms with E-state index in [0.29, 0.717) is 23.9 Å². The number of benzene rings is 1. The summed E-state index contributed by atoms with van der Waals surface area (Å²) in [6.07, 6.45) is 2.97. The molecule has 1 saturated heterocycles. The van der Waals surface area contributed by atoms with Crippen molar-refractivity contribution in [3.05, 3.63) is 29.3 Å². The first-order valence-electron chi connectivity index (χ1n) is 7.43. The van der Waals surface area contributed by atoms with Crippen LogP contribution in [-0.2, 0) is 19.6 Å². The number of ether oxygens (including phenoxy) is 1. The van der Waals surface area contributed by atoms with Crippen molar-refractivity contribution >= 4 is 33.2 Å². The maximum Gasteiger partial charge on any atom is 0.243 e. The Morgan fingerprint density at radius 1 is 1.43 bits per heavy atom. The Morgan fingerprint density at radius 2 is 2.09 bits per heavy atom. The number of nitrogens with one attached hydrogen (secondary N) is 1. The van der Waals surface area contributed by atoms with Crippen molar-refractivity contribution in [3.63, 3.8) is 0 Å². The summed E-state index contributed by atoms with van der Waals surface area (Å²) in [5.74, 6) is -0.360. The predicted octanol–water partition coefficient (Wildman–Crippen LogP) is 1.79. The number of rotatable bonds is 6. The average molecular weight is 361 g/mol. The van der Waals surface area contributed by atoms with Crippen molar-refractivity contribution in [2.45, 2.75) is 31.9 Å². The molecule has 1 aliphatic rings. The topological polar surface area (TPSA) is 75.7 Å². The number of anilines is 1. The van der Waals surface area contributed by atoms with Crippen LogP contribution in [0, 0.1) is 0 Å². The second-order valence-electron chi connectivity index (χ2n) is 5.59. The van der Waals surface area contributed by atoms with E-state index in [-0.39, 0.29) is 12.0 Å². The molecule has 0 aromatic heterocycles. The Hall–Kier alpha value is -1.31. The minimum absolute atomic E-state index is 0.00775. The van der Waals surface area contributed by atoms with E-state index in [9.17, 15) is 13.2 Å². The van der Waals surface area contributed by atoms with Gasteiger partial charge in [-0.2, -0.15) is 0 Å². The fourth-order valence-corrected chi connectivity index (χ4v) is 3.87. The first-order valence-corrected chi connectivity index (χ1v) is 9.66. The van der Waals surface area contributed by atoms with Gasteiger partial charge in [0.2, 0.25) is 15.9 Å². The second kappa shape index (κ2) is 7.51. The standard InChI is InChI=1S/C15H21ClN2O4S/c1-11(15(19)17-10-14-4-3-9-22-14)18(23(2,20)21)13-7-5-12(16)6-8-13/h5-8,11,14H,3-4,9-10H2,1-2H3,(H,17,19).